The van der Waals surface area contributed by atoms with Gasteiger partial charge in [0.2, 0.25) is 6.29 Å². The predicted molar refractivity (Wildman–Crippen MR) is 79.8 cm³/mol. The van der Waals surface area contributed by atoms with Crippen LogP contribution in [0, 0.1) is 0 Å². The topological polar surface area (TPSA) is 111 Å². The van der Waals surface area contributed by atoms with Gasteiger partial charge in [0, 0.05) is 7.05 Å². The smallest absolute Gasteiger partial charge is 0.229 e. The van der Waals surface area contributed by atoms with Crippen molar-refractivity contribution >= 4 is 5.69 Å². The van der Waals surface area contributed by atoms with Gasteiger partial charge >= 0.3 is 0 Å². The van der Waals surface area contributed by atoms with Crippen molar-refractivity contribution in [1.29, 1.82) is 0 Å². The molecule has 1 saturated heterocycles. The number of aliphatic hydroxyl groups excluding tert-OH is 4. The summed E-state index contributed by atoms with van der Waals surface area (Å²) in [5.74, 6) is 0.448. The fourth-order valence-corrected chi connectivity index (χ4v) is 2.39. The van der Waals surface area contributed by atoms with Gasteiger partial charge in [0.25, 0.3) is 0 Å². The van der Waals surface area contributed by atoms with E-state index in [0.29, 0.717) is 5.75 Å². The summed E-state index contributed by atoms with van der Waals surface area (Å²) in [6, 6.07) is 5.55. The number of aliphatic hydroxyl groups is 4. The molecule has 5 N–H and O–H groups in total. The Morgan fingerprint density at radius 2 is 1.91 bits per heavy atom. The van der Waals surface area contributed by atoms with Crippen LogP contribution in [0.5, 0.6) is 5.75 Å². The maximum atomic E-state index is 9.98. The van der Waals surface area contributed by atoms with Gasteiger partial charge in [-0.2, -0.15) is 0 Å². The quantitative estimate of drug-likeness (QED) is 0.497. The molecule has 1 heterocycles. The molecule has 0 radical (unpaired) electrons. The predicted octanol–water partition coefficient (Wildman–Crippen LogP) is -0.531. The highest BCUT2D eigenvalue weighted by Crippen LogP contribution is 2.30. The van der Waals surface area contributed by atoms with Crippen molar-refractivity contribution < 1.29 is 29.9 Å². The SMILES string of the molecule is CCc1ccc(OC2OC(CO)C(O)C(O)C2O)c(NC)c1. The number of benzene rings is 1. The van der Waals surface area contributed by atoms with Crippen LogP contribution in [0.1, 0.15) is 12.5 Å². The molecule has 0 spiro atoms. The maximum absolute atomic E-state index is 9.98. The summed E-state index contributed by atoms with van der Waals surface area (Å²) in [5, 5.41) is 41.7. The maximum Gasteiger partial charge on any atom is 0.229 e. The molecule has 1 aliphatic heterocycles. The van der Waals surface area contributed by atoms with E-state index in [1.807, 2.05) is 19.1 Å². The molecule has 1 aliphatic rings. The van der Waals surface area contributed by atoms with Crippen LogP contribution in [0.15, 0.2) is 18.2 Å². The number of ether oxygens (including phenoxy) is 2. The minimum atomic E-state index is -1.45. The number of hydrogen-bond acceptors (Lipinski definition) is 7. The van der Waals surface area contributed by atoms with Crippen LogP contribution in [0.4, 0.5) is 5.69 Å². The second-order valence-corrected chi connectivity index (χ2v) is 5.25. The molecule has 1 aromatic carbocycles. The molecule has 1 aromatic rings. The van der Waals surface area contributed by atoms with Crippen molar-refractivity contribution in [3.05, 3.63) is 23.8 Å². The Morgan fingerprint density at radius 3 is 2.50 bits per heavy atom. The average Bonchev–Trinajstić information content (AvgIpc) is 2.55. The number of rotatable bonds is 5. The van der Waals surface area contributed by atoms with Gasteiger partial charge in [0.05, 0.1) is 12.3 Å². The summed E-state index contributed by atoms with van der Waals surface area (Å²) in [5.41, 5.74) is 1.84. The summed E-state index contributed by atoms with van der Waals surface area (Å²) in [6.07, 6.45) is -5.58. The summed E-state index contributed by atoms with van der Waals surface area (Å²) >= 11 is 0. The fraction of sp³-hybridized carbons (Fsp3) is 0.600. The van der Waals surface area contributed by atoms with E-state index in [-0.39, 0.29) is 0 Å². The first-order chi connectivity index (χ1) is 10.5. The van der Waals surface area contributed by atoms with Crippen LogP contribution in [0.3, 0.4) is 0 Å². The lowest BCUT2D eigenvalue weighted by Crippen LogP contribution is -2.60. The van der Waals surface area contributed by atoms with E-state index >= 15 is 0 Å². The van der Waals surface area contributed by atoms with Crippen LogP contribution in [0.25, 0.3) is 0 Å². The van der Waals surface area contributed by atoms with Crippen molar-refractivity contribution in [3.63, 3.8) is 0 Å². The zero-order chi connectivity index (χ0) is 16.3. The molecular weight excluding hydrogens is 290 g/mol. The molecule has 0 saturated carbocycles. The minimum absolute atomic E-state index is 0.448. The first kappa shape index (κ1) is 17.0. The number of nitrogens with one attached hydrogen (secondary N) is 1. The van der Waals surface area contributed by atoms with Crippen LogP contribution in [-0.2, 0) is 11.2 Å². The fourth-order valence-electron chi connectivity index (χ4n) is 2.39. The molecule has 2 rings (SSSR count). The van der Waals surface area contributed by atoms with Crippen molar-refractivity contribution in [2.24, 2.45) is 0 Å². The summed E-state index contributed by atoms with van der Waals surface area (Å²) in [4.78, 5) is 0. The van der Waals surface area contributed by atoms with E-state index in [1.54, 1.807) is 13.1 Å². The minimum Gasteiger partial charge on any atom is -0.460 e. The van der Waals surface area contributed by atoms with Gasteiger partial charge in [-0.1, -0.05) is 13.0 Å². The third-order valence-electron chi connectivity index (χ3n) is 3.81. The van der Waals surface area contributed by atoms with E-state index in [0.717, 1.165) is 17.7 Å². The van der Waals surface area contributed by atoms with Gasteiger partial charge in [-0.3, -0.25) is 0 Å². The Labute approximate surface area is 129 Å². The van der Waals surface area contributed by atoms with Gasteiger partial charge in [-0.25, -0.2) is 0 Å². The zero-order valence-electron chi connectivity index (χ0n) is 12.6. The Morgan fingerprint density at radius 1 is 1.18 bits per heavy atom. The van der Waals surface area contributed by atoms with E-state index in [2.05, 4.69) is 5.32 Å². The Bertz CT molecular complexity index is 495. The summed E-state index contributed by atoms with van der Waals surface area (Å²) in [7, 11) is 1.74. The number of anilines is 1. The highest BCUT2D eigenvalue weighted by molar-refractivity contribution is 5.57. The first-order valence-corrected chi connectivity index (χ1v) is 7.29. The van der Waals surface area contributed by atoms with Crippen LogP contribution >= 0.6 is 0 Å². The van der Waals surface area contributed by atoms with Gasteiger partial charge in [-0.15, -0.1) is 0 Å². The van der Waals surface area contributed by atoms with Crippen LogP contribution in [0.2, 0.25) is 0 Å². The molecular formula is C15H23NO6. The third-order valence-corrected chi connectivity index (χ3v) is 3.81. The van der Waals surface area contributed by atoms with Crippen molar-refractivity contribution in [2.75, 3.05) is 19.0 Å². The molecule has 22 heavy (non-hydrogen) atoms. The van der Waals surface area contributed by atoms with Crippen molar-refractivity contribution in [3.8, 4) is 5.75 Å². The lowest BCUT2D eigenvalue weighted by molar-refractivity contribution is -0.277. The molecule has 7 heteroatoms. The molecule has 0 bridgehead atoms. The lowest BCUT2D eigenvalue weighted by atomic mass is 9.99. The monoisotopic (exact) mass is 313 g/mol. The standard InChI is InChI=1S/C15H23NO6/c1-3-8-4-5-10(9(6-8)16-2)21-15-14(20)13(19)12(18)11(7-17)22-15/h4-6,11-20H,3,7H2,1-2H3. The van der Waals surface area contributed by atoms with Crippen LogP contribution in [-0.4, -0.2) is 64.8 Å². The Hall–Kier alpha value is -1.38. The van der Waals surface area contributed by atoms with E-state index < -0.39 is 37.3 Å². The molecule has 5 atom stereocenters. The van der Waals surface area contributed by atoms with Gasteiger partial charge in [-0.05, 0) is 24.1 Å². The van der Waals surface area contributed by atoms with E-state index in [4.69, 9.17) is 9.47 Å². The first-order valence-electron chi connectivity index (χ1n) is 7.29. The van der Waals surface area contributed by atoms with E-state index in [9.17, 15) is 20.4 Å². The zero-order valence-corrected chi connectivity index (χ0v) is 12.6. The number of hydrogen-bond donors (Lipinski definition) is 5. The van der Waals surface area contributed by atoms with Crippen molar-refractivity contribution in [2.45, 2.75) is 44.1 Å². The van der Waals surface area contributed by atoms with Gasteiger partial charge < -0.3 is 35.2 Å². The Balaban J connectivity index is 2.18. The molecule has 1 fully saturated rings. The van der Waals surface area contributed by atoms with Crippen molar-refractivity contribution in [1.82, 2.24) is 0 Å². The lowest BCUT2D eigenvalue weighted by Gasteiger charge is -2.39. The molecule has 124 valence electrons. The highest BCUT2D eigenvalue weighted by Gasteiger charge is 2.44. The van der Waals surface area contributed by atoms with Gasteiger partial charge in [0.15, 0.2) is 0 Å². The molecule has 0 amide bonds. The largest absolute Gasteiger partial charge is 0.460 e. The van der Waals surface area contributed by atoms with Crippen LogP contribution < -0.4 is 10.1 Å². The second kappa shape index (κ2) is 7.26. The molecule has 7 nitrogen and oxygen atoms in total. The summed E-state index contributed by atoms with van der Waals surface area (Å²) < 4.78 is 11.0. The van der Waals surface area contributed by atoms with Gasteiger partial charge in [0.1, 0.15) is 30.2 Å². The average molecular weight is 313 g/mol. The third kappa shape index (κ3) is 3.34. The second-order valence-electron chi connectivity index (χ2n) is 5.25. The molecule has 0 aliphatic carbocycles. The Kier molecular flexibility index (Phi) is 5.60. The van der Waals surface area contributed by atoms with E-state index in [1.165, 1.54) is 0 Å². The molecule has 0 aromatic heterocycles. The molecule has 5 unspecified atom stereocenters. The number of aryl methyl sites for hydroxylation is 1. The summed E-state index contributed by atoms with van der Waals surface area (Å²) in [6.45, 7) is 1.55. The highest BCUT2D eigenvalue weighted by atomic mass is 16.7. The normalized spacial score (nSPS) is 31.8.